The highest BCUT2D eigenvalue weighted by molar-refractivity contribution is 6.36. The number of anilines is 1. The van der Waals surface area contributed by atoms with Crippen LogP contribution in [0.3, 0.4) is 0 Å². The van der Waals surface area contributed by atoms with Crippen molar-refractivity contribution in [3.05, 3.63) is 61.1 Å². The van der Waals surface area contributed by atoms with Crippen molar-refractivity contribution in [2.75, 3.05) is 38.2 Å². The fourth-order valence-electron chi connectivity index (χ4n) is 3.11. The molecule has 1 saturated heterocycles. The summed E-state index contributed by atoms with van der Waals surface area (Å²) < 4.78 is 5.26. The lowest BCUT2D eigenvalue weighted by molar-refractivity contribution is -0.384. The summed E-state index contributed by atoms with van der Waals surface area (Å²) >= 11 is 18.4. The van der Waals surface area contributed by atoms with E-state index in [4.69, 9.17) is 39.5 Å². The predicted molar refractivity (Wildman–Crippen MR) is 109 cm³/mol. The lowest BCUT2D eigenvalue weighted by Crippen LogP contribution is -2.49. The molecule has 0 saturated carbocycles. The number of hydrogen-bond acceptors (Lipinski definition) is 5. The molecule has 0 N–H and O–H groups in total. The van der Waals surface area contributed by atoms with E-state index in [1.807, 2.05) is 4.90 Å². The Kier molecular flexibility index (Phi) is 6.17. The fourth-order valence-corrected chi connectivity index (χ4v) is 3.98. The Hall–Kier alpha value is -2.22. The molecule has 2 aromatic rings. The summed E-state index contributed by atoms with van der Waals surface area (Å²) in [5.41, 5.74) is 0.942. The number of nitrogens with zero attached hydrogens (tertiary/aromatic N) is 3. The number of nitro groups is 1. The van der Waals surface area contributed by atoms with Crippen LogP contribution in [-0.4, -0.2) is 49.0 Å². The first-order valence-corrected chi connectivity index (χ1v) is 9.46. The largest absolute Gasteiger partial charge is 0.494 e. The molecule has 0 aromatic heterocycles. The minimum atomic E-state index is -0.490. The molecule has 1 aliphatic rings. The van der Waals surface area contributed by atoms with Crippen molar-refractivity contribution >= 4 is 52.1 Å². The number of carbonyl (C=O) groups is 1. The summed E-state index contributed by atoms with van der Waals surface area (Å²) in [6, 6.07) is 7.42. The summed E-state index contributed by atoms with van der Waals surface area (Å²) in [7, 11) is 1.44. The molecule has 2 aromatic carbocycles. The number of rotatable bonds is 4. The monoisotopic (exact) mass is 443 g/mol. The lowest BCUT2D eigenvalue weighted by Gasteiger charge is -2.36. The van der Waals surface area contributed by atoms with Crippen LogP contribution in [-0.2, 0) is 0 Å². The maximum absolute atomic E-state index is 12.9. The van der Waals surface area contributed by atoms with E-state index in [9.17, 15) is 14.9 Å². The summed E-state index contributed by atoms with van der Waals surface area (Å²) in [4.78, 5) is 27.0. The van der Waals surface area contributed by atoms with Crippen molar-refractivity contribution in [1.29, 1.82) is 0 Å². The van der Waals surface area contributed by atoms with E-state index in [1.165, 1.54) is 31.4 Å². The zero-order valence-electron chi connectivity index (χ0n) is 14.8. The van der Waals surface area contributed by atoms with Crippen LogP contribution in [0.5, 0.6) is 5.75 Å². The Morgan fingerprint density at radius 3 is 2.32 bits per heavy atom. The quantitative estimate of drug-likeness (QED) is 0.512. The van der Waals surface area contributed by atoms with Gasteiger partial charge in [-0.05, 0) is 18.2 Å². The van der Waals surface area contributed by atoms with Crippen LogP contribution in [0.15, 0.2) is 30.3 Å². The number of non-ortho nitro benzene ring substituents is 1. The van der Waals surface area contributed by atoms with Crippen LogP contribution in [0.25, 0.3) is 0 Å². The van der Waals surface area contributed by atoms with Crippen molar-refractivity contribution in [3.63, 3.8) is 0 Å². The van der Waals surface area contributed by atoms with E-state index in [2.05, 4.69) is 0 Å². The van der Waals surface area contributed by atoms with Gasteiger partial charge in [0.2, 0.25) is 0 Å². The molecule has 28 heavy (non-hydrogen) atoms. The van der Waals surface area contributed by atoms with E-state index in [0.717, 1.165) is 0 Å². The molecule has 0 atom stereocenters. The number of hydrogen-bond donors (Lipinski definition) is 0. The Morgan fingerprint density at radius 2 is 1.75 bits per heavy atom. The van der Waals surface area contributed by atoms with Gasteiger partial charge in [-0.1, -0.05) is 34.8 Å². The molecule has 0 spiro atoms. The minimum Gasteiger partial charge on any atom is -0.494 e. The van der Waals surface area contributed by atoms with E-state index < -0.39 is 4.92 Å². The predicted octanol–water partition coefficient (Wildman–Crippen LogP) is 4.53. The smallest absolute Gasteiger partial charge is 0.271 e. The Bertz CT molecular complexity index is 931. The van der Waals surface area contributed by atoms with Crippen molar-refractivity contribution in [1.82, 2.24) is 4.90 Å². The van der Waals surface area contributed by atoms with Gasteiger partial charge in [-0.25, -0.2) is 0 Å². The maximum Gasteiger partial charge on any atom is 0.271 e. The number of halogens is 3. The molecule has 0 aliphatic carbocycles. The van der Waals surface area contributed by atoms with E-state index in [-0.39, 0.29) is 22.4 Å². The first kappa shape index (κ1) is 20.5. The van der Waals surface area contributed by atoms with Crippen LogP contribution in [0, 0.1) is 10.1 Å². The molecule has 0 bridgehead atoms. The number of nitro benzene ring substituents is 1. The second kappa shape index (κ2) is 8.43. The Morgan fingerprint density at radius 1 is 1.07 bits per heavy atom. The van der Waals surface area contributed by atoms with Gasteiger partial charge in [-0.3, -0.25) is 14.9 Å². The molecule has 7 nitrogen and oxygen atoms in total. The molecule has 1 heterocycles. The average Bonchev–Trinajstić information content (AvgIpc) is 2.67. The number of benzene rings is 2. The molecule has 10 heteroatoms. The average molecular weight is 445 g/mol. The zero-order valence-corrected chi connectivity index (χ0v) is 17.1. The number of piperazine rings is 1. The third-order valence-corrected chi connectivity index (χ3v) is 5.29. The summed E-state index contributed by atoms with van der Waals surface area (Å²) in [6.45, 7) is 1.94. The molecular weight excluding hydrogens is 429 g/mol. The molecular formula is C18H16Cl3N3O4. The van der Waals surface area contributed by atoms with Crippen LogP contribution in [0.1, 0.15) is 10.4 Å². The SMILES string of the molecule is COc1c(Cl)cc(Cl)cc1C(=O)N1CCN(c2ccc([N+](=O)[O-])cc2Cl)CC1. The Labute approximate surface area is 176 Å². The Balaban J connectivity index is 1.74. The molecule has 1 aliphatic heterocycles. The summed E-state index contributed by atoms with van der Waals surface area (Å²) in [6.07, 6.45) is 0. The van der Waals surface area contributed by atoms with Gasteiger partial charge in [0, 0.05) is 43.3 Å². The number of carbonyl (C=O) groups excluding carboxylic acids is 1. The highest BCUT2D eigenvalue weighted by Crippen LogP contribution is 2.34. The van der Waals surface area contributed by atoms with Gasteiger partial charge in [0.15, 0.2) is 0 Å². The third kappa shape index (κ3) is 4.11. The van der Waals surface area contributed by atoms with Crippen molar-refractivity contribution in [2.24, 2.45) is 0 Å². The molecule has 148 valence electrons. The standard InChI is InChI=1S/C18H16Cl3N3O4/c1-28-17-13(8-11(19)9-15(17)21)18(25)23-6-4-22(5-7-23)16-3-2-12(24(26)27)10-14(16)20/h2-3,8-10H,4-7H2,1H3. The van der Waals surface area contributed by atoms with Gasteiger partial charge < -0.3 is 14.5 Å². The van der Waals surface area contributed by atoms with Crippen LogP contribution in [0.4, 0.5) is 11.4 Å². The molecule has 3 rings (SSSR count). The maximum atomic E-state index is 12.9. The normalized spacial score (nSPS) is 14.1. The van der Waals surface area contributed by atoms with E-state index >= 15 is 0 Å². The van der Waals surface area contributed by atoms with E-state index in [1.54, 1.807) is 11.0 Å². The van der Waals surface area contributed by atoms with Crippen molar-refractivity contribution < 1.29 is 14.5 Å². The summed E-state index contributed by atoms with van der Waals surface area (Å²) in [5, 5.41) is 11.8. The molecule has 1 fully saturated rings. The van der Waals surface area contributed by atoms with Gasteiger partial charge in [-0.2, -0.15) is 0 Å². The first-order chi connectivity index (χ1) is 13.3. The van der Waals surface area contributed by atoms with Gasteiger partial charge >= 0.3 is 0 Å². The highest BCUT2D eigenvalue weighted by Gasteiger charge is 2.27. The van der Waals surface area contributed by atoms with Crippen LogP contribution in [0.2, 0.25) is 15.1 Å². The second-order valence-corrected chi connectivity index (χ2v) is 7.39. The van der Waals surface area contributed by atoms with Crippen LogP contribution < -0.4 is 9.64 Å². The lowest BCUT2D eigenvalue weighted by atomic mass is 10.1. The second-order valence-electron chi connectivity index (χ2n) is 6.14. The first-order valence-electron chi connectivity index (χ1n) is 8.33. The van der Waals surface area contributed by atoms with Gasteiger partial charge in [0.25, 0.3) is 11.6 Å². The van der Waals surface area contributed by atoms with Gasteiger partial charge in [0.05, 0.1) is 33.3 Å². The zero-order chi connectivity index (χ0) is 20.4. The number of methoxy groups -OCH3 is 1. The molecule has 0 unspecified atom stereocenters. The van der Waals surface area contributed by atoms with Crippen LogP contribution >= 0.6 is 34.8 Å². The molecule has 0 radical (unpaired) electrons. The highest BCUT2D eigenvalue weighted by atomic mass is 35.5. The summed E-state index contributed by atoms with van der Waals surface area (Å²) in [5.74, 6) is 0.0626. The number of ether oxygens (including phenoxy) is 1. The minimum absolute atomic E-state index is 0.0625. The fraction of sp³-hybridized carbons (Fsp3) is 0.278. The van der Waals surface area contributed by atoms with Gasteiger partial charge in [0.1, 0.15) is 5.75 Å². The van der Waals surface area contributed by atoms with Crippen molar-refractivity contribution in [2.45, 2.75) is 0 Å². The third-order valence-electron chi connectivity index (χ3n) is 4.49. The topological polar surface area (TPSA) is 75.9 Å². The van der Waals surface area contributed by atoms with E-state index in [0.29, 0.717) is 47.5 Å². The van der Waals surface area contributed by atoms with Gasteiger partial charge in [-0.15, -0.1) is 0 Å². The van der Waals surface area contributed by atoms with Crippen molar-refractivity contribution in [3.8, 4) is 5.75 Å². The molecule has 1 amide bonds. The number of amides is 1.